The Hall–Kier alpha value is -1.83. The van der Waals surface area contributed by atoms with Crippen LogP contribution in [0, 0.1) is 51.0 Å². The zero-order valence-corrected chi connectivity index (χ0v) is 15.6. The van der Waals surface area contributed by atoms with E-state index >= 15 is 0 Å². The van der Waals surface area contributed by atoms with Gasteiger partial charge in [0.1, 0.15) is 0 Å². The largest absolute Gasteiger partial charge is 0.296 e. The first-order valence-electron chi connectivity index (χ1n) is 9.81. The second-order valence-electron chi connectivity index (χ2n) is 9.25. The molecule has 0 aromatic rings. The topological polar surface area (TPSA) is 69.4 Å². The summed E-state index contributed by atoms with van der Waals surface area (Å²) in [6, 6.07) is 0. The number of carbonyl (C=O) groups is 1. The highest BCUT2D eigenvalue weighted by molar-refractivity contribution is 5.91. The number of rotatable bonds is 2. The molecule has 0 radical (unpaired) electrons. The van der Waals surface area contributed by atoms with Crippen molar-refractivity contribution in [1.29, 1.82) is 0 Å². The number of ketones is 1. The number of terminal acetylenes is 1. The molecule has 5 heteroatoms. The molecule has 26 heavy (non-hydrogen) atoms. The van der Waals surface area contributed by atoms with E-state index < -0.39 is 10.7 Å². The molecule has 0 heterocycles. The van der Waals surface area contributed by atoms with E-state index in [0.29, 0.717) is 30.6 Å². The highest BCUT2D eigenvalue weighted by atomic mass is 17.0. The zero-order valence-electron chi connectivity index (χ0n) is 15.6. The quantitative estimate of drug-likeness (QED) is 0.424. The summed E-state index contributed by atoms with van der Waals surface area (Å²) < 4.78 is 0. The monoisotopic (exact) mass is 357 g/mol. The average molecular weight is 357 g/mol. The van der Waals surface area contributed by atoms with Gasteiger partial charge in [-0.1, -0.05) is 25.3 Å². The molecule has 0 unspecified atom stereocenters. The minimum Gasteiger partial charge on any atom is -0.295 e. The highest BCUT2D eigenvalue weighted by Gasteiger charge is 2.65. The lowest BCUT2D eigenvalue weighted by molar-refractivity contribution is -0.781. The SMILES string of the molecule is C#C[C@]1(O[N+](=O)[O-])CC[C@H]2[C@@H]3CCC4=CC(=O)CC[C@]4(C)[C@H]3CC[C@@]21C. The van der Waals surface area contributed by atoms with Gasteiger partial charge in [0.2, 0.25) is 0 Å². The van der Waals surface area contributed by atoms with Gasteiger partial charge < -0.3 is 0 Å². The molecule has 4 aliphatic rings. The van der Waals surface area contributed by atoms with Gasteiger partial charge in [-0.25, -0.2) is 0 Å². The lowest BCUT2D eigenvalue weighted by atomic mass is 9.46. The molecule has 0 aromatic heterocycles. The first kappa shape index (κ1) is 17.6. The van der Waals surface area contributed by atoms with Crippen molar-refractivity contribution in [3.8, 4) is 12.3 Å². The number of nitrogens with zero attached hydrogens (tertiary/aromatic N) is 1. The summed E-state index contributed by atoms with van der Waals surface area (Å²) in [5, 5.41) is 10.4. The van der Waals surface area contributed by atoms with Gasteiger partial charge in [-0.2, -0.15) is 0 Å². The average Bonchev–Trinajstić information content (AvgIpc) is 2.88. The van der Waals surface area contributed by atoms with Gasteiger partial charge in [0.25, 0.3) is 5.09 Å². The van der Waals surface area contributed by atoms with Crippen LogP contribution in [0.4, 0.5) is 0 Å². The molecule has 0 aliphatic heterocycles. The maximum absolute atomic E-state index is 11.9. The van der Waals surface area contributed by atoms with Gasteiger partial charge in [-0.15, -0.1) is 16.5 Å². The van der Waals surface area contributed by atoms with E-state index in [1.54, 1.807) is 0 Å². The lowest BCUT2D eigenvalue weighted by Crippen LogP contribution is -2.55. The van der Waals surface area contributed by atoms with Crippen molar-refractivity contribution >= 4 is 5.78 Å². The molecule has 6 atom stereocenters. The van der Waals surface area contributed by atoms with Crippen LogP contribution in [-0.4, -0.2) is 16.5 Å². The van der Waals surface area contributed by atoms with Crippen molar-refractivity contribution in [3.05, 3.63) is 21.8 Å². The number of hydrogen-bond donors (Lipinski definition) is 0. The molecule has 140 valence electrons. The van der Waals surface area contributed by atoms with Crippen molar-refractivity contribution in [3.63, 3.8) is 0 Å². The predicted octanol–water partition coefficient (Wildman–Crippen LogP) is 4.10. The Labute approximate surface area is 154 Å². The number of hydrogen-bond acceptors (Lipinski definition) is 4. The fraction of sp³-hybridized carbons (Fsp3) is 0.762. The van der Waals surface area contributed by atoms with Crippen molar-refractivity contribution < 1.29 is 14.7 Å². The normalized spacial score (nSPS) is 47.0. The molecule has 3 fully saturated rings. The Kier molecular flexibility index (Phi) is 3.77. The molecule has 0 amide bonds. The maximum atomic E-state index is 11.9. The smallest absolute Gasteiger partial charge is 0.295 e. The van der Waals surface area contributed by atoms with Crippen LogP contribution in [-0.2, 0) is 9.63 Å². The molecule has 4 aliphatic carbocycles. The van der Waals surface area contributed by atoms with Crippen LogP contribution < -0.4 is 0 Å². The fourth-order valence-corrected chi connectivity index (χ4v) is 7.10. The summed E-state index contributed by atoms with van der Waals surface area (Å²) in [5.41, 5.74) is -0.00544. The second-order valence-corrected chi connectivity index (χ2v) is 9.25. The standard InChI is InChI=1S/C21H27NO4/c1-4-21(26-22(24)25)12-9-18-16-6-5-14-13-15(23)7-10-19(14,2)17(16)8-11-20(18,21)3/h1,13,16-18H,5-12H2,2-3H3/t16-,17+,18+,19+,20+,21+/m1/s1. The van der Waals surface area contributed by atoms with Crippen LogP contribution in [0.15, 0.2) is 11.6 Å². The van der Waals surface area contributed by atoms with Gasteiger partial charge in [0, 0.05) is 11.8 Å². The van der Waals surface area contributed by atoms with Gasteiger partial charge in [-0.05, 0) is 74.2 Å². The molecular formula is C21H27NO4. The van der Waals surface area contributed by atoms with Crippen molar-refractivity contribution in [2.75, 3.05) is 0 Å². The summed E-state index contributed by atoms with van der Waals surface area (Å²) in [5.74, 6) is 4.37. The fourth-order valence-electron chi connectivity index (χ4n) is 7.10. The third-order valence-electron chi connectivity index (χ3n) is 8.55. The van der Waals surface area contributed by atoms with E-state index in [1.807, 2.05) is 6.08 Å². The van der Waals surface area contributed by atoms with E-state index in [-0.39, 0.29) is 16.6 Å². The molecule has 0 aromatic carbocycles. The van der Waals surface area contributed by atoms with Crippen LogP contribution in [0.3, 0.4) is 0 Å². The maximum Gasteiger partial charge on any atom is 0.296 e. The number of allylic oxidation sites excluding steroid dienone is 1. The van der Waals surface area contributed by atoms with Gasteiger partial charge in [-0.3, -0.25) is 9.63 Å². The lowest BCUT2D eigenvalue weighted by Gasteiger charge is -2.58. The van der Waals surface area contributed by atoms with Crippen LogP contribution in [0.1, 0.15) is 65.2 Å². The Balaban J connectivity index is 1.69. The first-order valence-corrected chi connectivity index (χ1v) is 9.81. The molecule has 0 spiro atoms. The highest BCUT2D eigenvalue weighted by Crippen LogP contribution is 2.68. The van der Waals surface area contributed by atoms with E-state index in [1.165, 1.54) is 5.57 Å². The van der Waals surface area contributed by atoms with Crippen LogP contribution in [0.5, 0.6) is 0 Å². The third-order valence-corrected chi connectivity index (χ3v) is 8.55. The molecule has 0 bridgehead atoms. The van der Waals surface area contributed by atoms with Gasteiger partial charge >= 0.3 is 0 Å². The Morgan fingerprint density at radius 1 is 1.19 bits per heavy atom. The van der Waals surface area contributed by atoms with E-state index in [2.05, 4.69) is 19.8 Å². The van der Waals surface area contributed by atoms with Crippen molar-refractivity contribution in [2.24, 2.45) is 28.6 Å². The summed E-state index contributed by atoms with van der Waals surface area (Å²) in [7, 11) is 0. The first-order chi connectivity index (χ1) is 12.3. The molecule has 0 N–H and O–H groups in total. The van der Waals surface area contributed by atoms with E-state index in [9.17, 15) is 14.9 Å². The molecule has 0 saturated heterocycles. The molecule has 5 nitrogen and oxygen atoms in total. The van der Waals surface area contributed by atoms with Crippen LogP contribution in [0.2, 0.25) is 0 Å². The van der Waals surface area contributed by atoms with Crippen molar-refractivity contribution in [2.45, 2.75) is 70.8 Å². The Morgan fingerprint density at radius 3 is 2.62 bits per heavy atom. The molecule has 4 rings (SSSR count). The second kappa shape index (κ2) is 5.58. The van der Waals surface area contributed by atoms with E-state index in [4.69, 9.17) is 11.3 Å². The summed E-state index contributed by atoms with van der Waals surface area (Å²) >= 11 is 0. The summed E-state index contributed by atoms with van der Waals surface area (Å²) in [6.07, 6.45) is 14.6. The van der Waals surface area contributed by atoms with Crippen molar-refractivity contribution in [1.82, 2.24) is 0 Å². The predicted molar refractivity (Wildman–Crippen MR) is 96.4 cm³/mol. The zero-order chi connectivity index (χ0) is 18.7. The van der Waals surface area contributed by atoms with E-state index in [0.717, 1.165) is 38.5 Å². The van der Waals surface area contributed by atoms with Crippen LogP contribution >= 0.6 is 0 Å². The van der Waals surface area contributed by atoms with Crippen LogP contribution in [0.25, 0.3) is 0 Å². The summed E-state index contributed by atoms with van der Waals surface area (Å²) in [6.45, 7) is 4.45. The third kappa shape index (κ3) is 2.14. The Morgan fingerprint density at radius 2 is 1.92 bits per heavy atom. The van der Waals surface area contributed by atoms with Gasteiger partial charge in [0.05, 0.1) is 0 Å². The van der Waals surface area contributed by atoms with Gasteiger partial charge in [0.15, 0.2) is 11.4 Å². The minimum absolute atomic E-state index is 0.101. The Bertz CT molecular complexity index is 737. The molecule has 3 saturated carbocycles. The summed E-state index contributed by atoms with van der Waals surface area (Å²) in [4.78, 5) is 28.2. The number of fused-ring (bicyclic) bond motifs is 5. The minimum atomic E-state index is -1.09. The molecular weight excluding hydrogens is 330 g/mol. The number of carbonyl (C=O) groups excluding carboxylic acids is 1.